The van der Waals surface area contributed by atoms with Crippen molar-refractivity contribution in [1.82, 2.24) is 4.90 Å². The van der Waals surface area contributed by atoms with E-state index >= 15 is 0 Å². The highest BCUT2D eigenvalue weighted by Crippen LogP contribution is 2.45. The molecule has 2 heterocycles. The van der Waals surface area contributed by atoms with Gasteiger partial charge in [0.2, 0.25) is 0 Å². The van der Waals surface area contributed by atoms with E-state index in [0.717, 1.165) is 31.4 Å². The summed E-state index contributed by atoms with van der Waals surface area (Å²) in [6.07, 6.45) is 4.98. The largest absolute Gasteiger partial charge is 0.393 e. The molecular weight excluding hydrogens is 214 g/mol. The molecule has 2 aliphatic heterocycles. The van der Waals surface area contributed by atoms with E-state index in [2.05, 4.69) is 11.8 Å². The van der Waals surface area contributed by atoms with E-state index in [1.807, 2.05) is 19.9 Å². The summed E-state index contributed by atoms with van der Waals surface area (Å²) in [4.78, 5) is 14.9. The van der Waals surface area contributed by atoms with Crippen molar-refractivity contribution in [2.45, 2.75) is 64.1 Å². The van der Waals surface area contributed by atoms with E-state index in [9.17, 15) is 9.90 Å². The molecule has 0 saturated carbocycles. The fourth-order valence-corrected chi connectivity index (χ4v) is 3.70. The van der Waals surface area contributed by atoms with Gasteiger partial charge in [-0.2, -0.15) is 0 Å². The Morgan fingerprint density at radius 2 is 2.29 bits per heavy atom. The van der Waals surface area contributed by atoms with Crippen molar-refractivity contribution < 1.29 is 9.90 Å². The SMILES string of the molecule is C/C=C(\C)C(=O)C12CCC(CC(O)C1)N2CC. The maximum Gasteiger partial charge on any atom is 0.178 e. The van der Waals surface area contributed by atoms with E-state index < -0.39 is 5.54 Å². The van der Waals surface area contributed by atoms with Gasteiger partial charge >= 0.3 is 0 Å². The van der Waals surface area contributed by atoms with Gasteiger partial charge in [0, 0.05) is 6.04 Å². The zero-order valence-corrected chi connectivity index (χ0v) is 11.1. The Balaban J connectivity index is 2.35. The maximum atomic E-state index is 12.6. The number of rotatable bonds is 3. The highest BCUT2D eigenvalue weighted by molar-refractivity contribution is 6.02. The molecular formula is C14H23NO2. The molecule has 17 heavy (non-hydrogen) atoms. The minimum absolute atomic E-state index is 0.225. The smallest absolute Gasteiger partial charge is 0.178 e. The Kier molecular flexibility index (Phi) is 3.41. The third-order valence-electron chi connectivity index (χ3n) is 4.55. The number of hydrogen-bond acceptors (Lipinski definition) is 3. The van der Waals surface area contributed by atoms with Crippen LogP contribution in [-0.4, -0.2) is 40.0 Å². The number of aliphatic hydroxyl groups is 1. The lowest BCUT2D eigenvalue weighted by Gasteiger charge is -2.45. The molecule has 0 aromatic heterocycles. The molecule has 0 spiro atoms. The molecule has 0 radical (unpaired) electrons. The molecule has 0 aliphatic carbocycles. The Morgan fingerprint density at radius 3 is 2.88 bits per heavy atom. The molecule has 0 aromatic carbocycles. The van der Waals surface area contributed by atoms with E-state index in [1.54, 1.807) is 0 Å². The predicted molar refractivity (Wildman–Crippen MR) is 67.8 cm³/mol. The number of allylic oxidation sites excluding steroid dienone is 1. The van der Waals surface area contributed by atoms with Gasteiger partial charge in [-0.05, 0) is 51.6 Å². The van der Waals surface area contributed by atoms with Gasteiger partial charge in [0.25, 0.3) is 0 Å². The topological polar surface area (TPSA) is 40.5 Å². The maximum absolute atomic E-state index is 12.6. The van der Waals surface area contributed by atoms with Crippen LogP contribution in [-0.2, 0) is 4.79 Å². The second kappa shape index (κ2) is 4.54. The third kappa shape index (κ3) is 1.85. The lowest BCUT2D eigenvalue weighted by atomic mass is 9.80. The molecule has 2 aliphatic rings. The molecule has 3 nitrogen and oxygen atoms in total. The Morgan fingerprint density at radius 1 is 1.59 bits per heavy atom. The van der Waals surface area contributed by atoms with Gasteiger partial charge in [-0.1, -0.05) is 13.0 Å². The van der Waals surface area contributed by atoms with Crippen LogP contribution < -0.4 is 0 Å². The van der Waals surface area contributed by atoms with Gasteiger partial charge in [0.15, 0.2) is 5.78 Å². The van der Waals surface area contributed by atoms with Crippen molar-refractivity contribution in [2.75, 3.05) is 6.54 Å². The number of carbonyl (C=O) groups excluding carboxylic acids is 1. The van der Waals surface area contributed by atoms with Crippen molar-refractivity contribution in [3.8, 4) is 0 Å². The number of carbonyl (C=O) groups is 1. The summed E-state index contributed by atoms with van der Waals surface area (Å²) >= 11 is 0. The molecule has 2 saturated heterocycles. The summed E-state index contributed by atoms with van der Waals surface area (Å²) in [7, 11) is 0. The van der Waals surface area contributed by atoms with Crippen LogP contribution in [0.3, 0.4) is 0 Å². The number of nitrogens with zero attached hydrogens (tertiary/aromatic N) is 1. The fourth-order valence-electron chi connectivity index (χ4n) is 3.70. The standard InChI is InChI=1S/C14H23NO2/c1-4-10(3)13(17)14-7-6-11(15(14)5-2)8-12(16)9-14/h4,11-12,16H,5-9H2,1-3H3/b10-4+. The number of piperidine rings is 1. The van der Waals surface area contributed by atoms with Crippen molar-refractivity contribution >= 4 is 5.78 Å². The molecule has 96 valence electrons. The van der Waals surface area contributed by atoms with Crippen molar-refractivity contribution in [1.29, 1.82) is 0 Å². The predicted octanol–water partition coefficient (Wildman–Crippen LogP) is 1.90. The first-order valence-corrected chi connectivity index (χ1v) is 6.67. The van der Waals surface area contributed by atoms with Crippen LogP contribution in [0.15, 0.2) is 11.6 Å². The lowest BCUT2D eigenvalue weighted by Crippen LogP contribution is -2.58. The summed E-state index contributed by atoms with van der Waals surface area (Å²) in [6.45, 7) is 6.81. The second-order valence-corrected chi connectivity index (χ2v) is 5.40. The van der Waals surface area contributed by atoms with E-state index in [0.29, 0.717) is 12.5 Å². The van der Waals surface area contributed by atoms with Crippen molar-refractivity contribution in [2.24, 2.45) is 0 Å². The van der Waals surface area contributed by atoms with E-state index in [4.69, 9.17) is 0 Å². The first-order chi connectivity index (χ1) is 8.05. The minimum atomic E-state index is -0.409. The van der Waals surface area contributed by atoms with Crippen molar-refractivity contribution in [3.63, 3.8) is 0 Å². The second-order valence-electron chi connectivity index (χ2n) is 5.40. The lowest BCUT2D eigenvalue weighted by molar-refractivity contribution is -0.132. The van der Waals surface area contributed by atoms with Crippen LogP contribution in [0.2, 0.25) is 0 Å². The van der Waals surface area contributed by atoms with E-state index in [1.165, 1.54) is 0 Å². The molecule has 0 aromatic rings. The number of aliphatic hydroxyl groups excluding tert-OH is 1. The Hall–Kier alpha value is -0.670. The molecule has 0 amide bonds. The van der Waals surface area contributed by atoms with Crippen LogP contribution in [0.25, 0.3) is 0 Å². The van der Waals surface area contributed by atoms with Crippen LogP contribution in [0.4, 0.5) is 0 Å². The van der Waals surface area contributed by atoms with Gasteiger partial charge in [-0.3, -0.25) is 9.69 Å². The Labute approximate surface area is 103 Å². The van der Waals surface area contributed by atoms with Crippen molar-refractivity contribution in [3.05, 3.63) is 11.6 Å². The normalized spacial score (nSPS) is 38.5. The minimum Gasteiger partial charge on any atom is -0.393 e. The molecule has 1 N–H and O–H groups in total. The van der Waals surface area contributed by atoms with Gasteiger partial charge < -0.3 is 5.11 Å². The quantitative estimate of drug-likeness (QED) is 0.762. The highest BCUT2D eigenvalue weighted by atomic mass is 16.3. The average molecular weight is 237 g/mol. The van der Waals surface area contributed by atoms with E-state index in [-0.39, 0.29) is 11.9 Å². The molecule has 2 bridgehead atoms. The molecule has 3 heteroatoms. The zero-order chi connectivity index (χ0) is 12.6. The molecule has 2 rings (SSSR count). The average Bonchev–Trinajstić information content (AvgIpc) is 2.56. The zero-order valence-electron chi connectivity index (χ0n) is 11.1. The van der Waals surface area contributed by atoms with Crippen LogP contribution >= 0.6 is 0 Å². The van der Waals surface area contributed by atoms with Gasteiger partial charge in [0.1, 0.15) is 0 Å². The summed E-state index contributed by atoms with van der Waals surface area (Å²) in [5.41, 5.74) is 0.423. The Bertz CT molecular complexity index is 350. The number of fused-ring (bicyclic) bond motifs is 2. The monoisotopic (exact) mass is 237 g/mol. The third-order valence-corrected chi connectivity index (χ3v) is 4.55. The van der Waals surface area contributed by atoms with Gasteiger partial charge in [-0.25, -0.2) is 0 Å². The summed E-state index contributed by atoms with van der Waals surface area (Å²) < 4.78 is 0. The van der Waals surface area contributed by atoms with Crippen LogP contribution in [0.5, 0.6) is 0 Å². The van der Waals surface area contributed by atoms with Gasteiger partial charge in [0.05, 0.1) is 11.6 Å². The van der Waals surface area contributed by atoms with Crippen LogP contribution in [0.1, 0.15) is 46.5 Å². The highest BCUT2D eigenvalue weighted by Gasteiger charge is 2.54. The first-order valence-electron chi connectivity index (χ1n) is 6.67. The van der Waals surface area contributed by atoms with Gasteiger partial charge in [-0.15, -0.1) is 0 Å². The molecule has 3 unspecified atom stereocenters. The number of likely N-dealkylation sites (N-methyl/N-ethyl adjacent to an activating group) is 1. The summed E-state index contributed by atoms with van der Waals surface area (Å²) in [5.74, 6) is 0.225. The summed E-state index contributed by atoms with van der Waals surface area (Å²) in [6, 6.07) is 0.400. The van der Waals surface area contributed by atoms with Crippen LogP contribution in [0, 0.1) is 0 Å². The summed E-state index contributed by atoms with van der Waals surface area (Å²) in [5, 5.41) is 9.97. The molecule has 3 atom stereocenters. The number of Topliss-reactive ketones (excluding diaryl/α,β-unsaturated/α-hetero) is 1. The number of hydrogen-bond donors (Lipinski definition) is 1. The fraction of sp³-hybridized carbons (Fsp3) is 0.786. The molecule has 2 fully saturated rings. The first kappa shape index (κ1) is 12.8. The number of ketones is 1.